The first-order valence-corrected chi connectivity index (χ1v) is 10.1. The molecule has 12 heteroatoms. The van der Waals surface area contributed by atoms with Crippen LogP contribution in [0.1, 0.15) is 36.0 Å². The molecule has 3 rings (SSSR count). The van der Waals surface area contributed by atoms with Crippen molar-refractivity contribution in [3.63, 3.8) is 0 Å². The van der Waals surface area contributed by atoms with Crippen LogP contribution in [0.25, 0.3) is 0 Å². The van der Waals surface area contributed by atoms with Gasteiger partial charge in [-0.3, -0.25) is 9.59 Å². The molecule has 1 aromatic carbocycles. The number of rotatable bonds is 4. The fourth-order valence-corrected chi connectivity index (χ4v) is 3.54. The predicted molar refractivity (Wildman–Crippen MR) is 103 cm³/mol. The summed E-state index contributed by atoms with van der Waals surface area (Å²) in [5, 5.41) is 10.3. The average Bonchev–Trinajstić information content (AvgIpc) is 3.28. The van der Waals surface area contributed by atoms with E-state index in [4.69, 9.17) is 9.90 Å². The van der Waals surface area contributed by atoms with Gasteiger partial charge in [-0.05, 0) is 31.0 Å². The van der Waals surface area contributed by atoms with Crippen molar-refractivity contribution in [3.8, 4) is 0 Å². The molecule has 0 atom stereocenters. The number of alkyl halides is 3. The van der Waals surface area contributed by atoms with E-state index in [1.165, 1.54) is 6.07 Å². The molecule has 1 saturated heterocycles. The molecule has 2 amide bonds. The summed E-state index contributed by atoms with van der Waals surface area (Å²) in [6, 6.07) is 3.12. The van der Waals surface area contributed by atoms with Gasteiger partial charge < -0.3 is 20.2 Å². The van der Waals surface area contributed by atoms with Gasteiger partial charge in [-0.15, -0.1) is 0 Å². The molecular weight excluding hydrogens is 441 g/mol. The number of halogens is 5. The Balaban J connectivity index is 0.000000451. The number of piperazine rings is 1. The van der Waals surface area contributed by atoms with E-state index in [0.717, 1.165) is 50.9 Å². The SMILES string of the molecule is O=C(CN(C(=O)c1ccc(F)c(F)c1)C1CCCC1)N1CCNCC1.O=C(O)C(F)(F)F. The van der Waals surface area contributed by atoms with Gasteiger partial charge in [0.05, 0.1) is 0 Å². The van der Waals surface area contributed by atoms with Crippen LogP contribution in [0.2, 0.25) is 0 Å². The van der Waals surface area contributed by atoms with Crippen LogP contribution in [0, 0.1) is 11.6 Å². The van der Waals surface area contributed by atoms with Crippen molar-refractivity contribution < 1.29 is 41.4 Å². The van der Waals surface area contributed by atoms with Crippen LogP contribution >= 0.6 is 0 Å². The van der Waals surface area contributed by atoms with Gasteiger partial charge in [0.2, 0.25) is 5.91 Å². The van der Waals surface area contributed by atoms with Crippen molar-refractivity contribution in [1.82, 2.24) is 15.1 Å². The van der Waals surface area contributed by atoms with Crippen LogP contribution in [0.15, 0.2) is 18.2 Å². The van der Waals surface area contributed by atoms with Crippen LogP contribution in [0.4, 0.5) is 22.0 Å². The molecule has 7 nitrogen and oxygen atoms in total. The molecule has 1 aliphatic heterocycles. The normalized spacial score (nSPS) is 16.8. The minimum Gasteiger partial charge on any atom is -0.475 e. The summed E-state index contributed by atoms with van der Waals surface area (Å²) in [6.45, 7) is 2.72. The zero-order chi connectivity index (χ0) is 23.9. The number of carbonyl (C=O) groups excluding carboxylic acids is 2. The first-order valence-electron chi connectivity index (χ1n) is 10.1. The summed E-state index contributed by atoms with van der Waals surface area (Å²) >= 11 is 0. The number of amides is 2. The Hall–Kier alpha value is -2.76. The third-order valence-electron chi connectivity index (χ3n) is 5.21. The smallest absolute Gasteiger partial charge is 0.475 e. The molecule has 1 aliphatic carbocycles. The highest BCUT2D eigenvalue weighted by molar-refractivity contribution is 5.96. The molecule has 2 aliphatic rings. The molecule has 0 bridgehead atoms. The highest BCUT2D eigenvalue weighted by Gasteiger charge is 2.38. The van der Waals surface area contributed by atoms with E-state index in [1.807, 2.05) is 0 Å². The molecule has 2 N–H and O–H groups in total. The molecule has 0 unspecified atom stereocenters. The molecule has 1 aromatic rings. The van der Waals surface area contributed by atoms with Crippen LogP contribution in [0.3, 0.4) is 0 Å². The maximum Gasteiger partial charge on any atom is 0.490 e. The summed E-state index contributed by atoms with van der Waals surface area (Å²) in [5.41, 5.74) is 0.0823. The molecule has 178 valence electrons. The lowest BCUT2D eigenvalue weighted by Gasteiger charge is -2.33. The highest BCUT2D eigenvalue weighted by atomic mass is 19.4. The van der Waals surface area contributed by atoms with Gasteiger partial charge in [0.1, 0.15) is 6.54 Å². The zero-order valence-corrected chi connectivity index (χ0v) is 17.1. The minimum absolute atomic E-state index is 0.0114. The maximum atomic E-state index is 13.5. The van der Waals surface area contributed by atoms with Crippen molar-refractivity contribution >= 4 is 17.8 Å². The van der Waals surface area contributed by atoms with Gasteiger partial charge in [0, 0.05) is 37.8 Å². The molecule has 32 heavy (non-hydrogen) atoms. The fourth-order valence-electron chi connectivity index (χ4n) is 3.54. The van der Waals surface area contributed by atoms with E-state index in [-0.39, 0.29) is 24.1 Å². The Morgan fingerprint density at radius 2 is 1.62 bits per heavy atom. The van der Waals surface area contributed by atoms with E-state index in [9.17, 15) is 31.5 Å². The Labute approximate surface area is 181 Å². The molecule has 0 spiro atoms. The largest absolute Gasteiger partial charge is 0.490 e. The second-order valence-electron chi connectivity index (χ2n) is 7.43. The Morgan fingerprint density at radius 1 is 1.06 bits per heavy atom. The number of carboxylic acids is 1. The van der Waals surface area contributed by atoms with Crippen LogP contribution in [-0.2, 0) is 9.59 Å². The standard InChI is InChI=1S/C18H23F2N3O2.C2HF3O2/c19-15-6-5-13(11-16(15)20)18(25)23(14-3-1-2-4-14)12-17(24)22-9-7-21-8-10-22;3-2(4,5)1(6)7/h5-6,11,14,21H,1-4,7-10,12H2;(H,6,7). The predicted octanol–water partition coefficient (Wildman–Crippen LogP) is 2.41. The van der Waals surface area contributed by atoms with E-state index in [0.29, 0.717) is 13.1 Å². The number of benzene rings is 1. The number of aliphatic carboxylic acids is 1. The summed E-state index contributed by atoms with van der Waals surface area (Å²) in [6.07, 6.45) is -1.39. The number of carbonyl (C=O) groups is 3. The number of nitrogens with one attached hydrogen (secondary N) is 1. The summed E-state index contributed by atoms with van der Waals surface area (Å²) in [4.78, 5) is 37.6. The average molecular weight is 465 g/mol. The Kier molecular flexibility index (Phi) is 8.93. The second-order valence-corrected chi connectivity index (χ2v) is 7.43. The van der Waals surface area contributed by atoms with Crippen molar-refractivity contribution in [3.05, 3.63) is 35.4 Å². The number of carboxylic acid groups (broad SMARTS) is 1. The van der Waals surface area contributed by atoms with Crippen LogP contribution in [0.5, 0.6) is 0 Å². The number of hydrogen-bond acceptors (Lipinski definition) is 4. The van der Waals surface area contributed by atoms with Crippen LogP contribution in [-0.4, -0.2) is 77.6 Å². The van der Waals surface area contributed by atoms with Gasteiger partial charge in [-0.2, -0.15) is 13.2 Å². The van der Waals surface area contributed by atoms with Crippen molar-refractivity contribution in [2.75, 3.05) is 32.7 Å². The molecule has 0 aromatic heterocycles. The molecular formula is C20H24F5N3O4. The lowest BCUT2D eigenvalue weighted by atomic mass is 10.1. The van der Waals surface area contributed by atoms with E-state index in [1.54, 1.807) is 9.80 Å². The molecule has 2 fully saturated rings. The van der Waals surface area contributed by atoms with Crippen LogP contribution < -0.4 is 5.32 Å². The zero-order valence-electron chi connectivity index (χ0n) is 17.1. The molecule has 1 saturated carbocycles. The second kappa shape index (κ2) is 11.2. The van der Waals surface area contributed by atoms with E-state index >= 15 is 0 Å². The van der Waals surface area contributed by atoms with E-state index < -0.39 is 29.7 Å². The van der Waals surface area contributed by atoms with Gasteiger partial charge >= 0.3 is 12.1 Å². The Bertz CT molecular complexity index is 822. The number of hydrogen-bond donors (Lipinski definition) is 2. The first kappa shape index (κ1) is 25.5. The summed E-state index contributed by atoms with van der Waals surface area (Å²) < 4.78 is 58.4. The maximum absolute atomic E-state index is 13.5. The summed E-state index contributed by atoms with van der Waals surface area (Å²) in [7, 11) is 0. The van der Waals surface area contributed by atoms with Gasteiger partial charge in [-0.25, -0.2) is 13.6 Å². The van der Waals surface area contributed by atoms with Crippen molar-refractivity contribution in [2.24, 2.45) is 0 Å². The first-order chi connectivity index (χ1) is 15.0. The van der Waals surface area contributed by atoms with Gasteiger partial charge in [0.25, 0.3) is 5.91 Å². The van der Waals surface area contributed by atoms with Gasteiger partial charge in [-0.1, -0.05) is 12.8 Å². The monoisotopic (exact) mass is 465 g/mol. The number of nitrogens with zero attached hydrogens (tertiary/aromatic N) is 2. The third kappa shape index (κ3) is 7.14. The fraction of sp³-hybridized carbons (Fsp3) is 0.550. The van der Waals surface area contributed by atoms with E-state index in [2.05, 4.69) is 5.32 Å². The molecule has 1 heterocycles. The van der Waals surface area contributed by atoms with Crippen molar-refractivity contribution in [1.29, 1.82) is 0 Å². The topological polar surface area (TPSA) is 90.0 Å². The summed E-state index contributed by atoms with van der Waals surface area (Å²) in [5.74, 6) is -5.29. The van der Waals surface area contributed by atoms with Crippen molar-refractivity contribution in [2.45, 2.75) is 37.9 Å². The highest BCUT2D eigenvalue weighted by Crippen LogP contribution is 2.25. The lowest BCUT2D eigenvalue weighted by Crippen LogP contribution is -2.52. The quantitative estimate of drug-likeness (QED) is 0.667. The molecule has 0 radical (unpaired) electrons. The Morgan fingerprint density at radius 3 is 2.12 bits per heavy atom. The van der Waals surface area contributed by atoms with Gasteiger partial charge in [0.15, 0.2) is 11.6 Å². The lowest BCUT2D eigenvalue weighted by molar-refractivity contribution is -0.192. The minimum atomic E-state index is -5.08. The third-order valence-corrected chi connectivity index (χ3v) is 5.21.